The van der Waals surface area contributed by atoms with Gasteiger partial charge in [0.25, 0.3) is 0 Å². The molecule has 2 aromatic carbocycles. The zero-order valence-corrected chi connectivity index (χ0v) is 21.7. The third-order valence-electron chi connectivity index (χ3n) is 6.15. The number of amides is 3. The Kier molecular flexibility index (Phi) is 8.65. The molecule has 4 rings (SSSR count). The number of benzene rings is 2. The van der Waals surface area contributed by atoms with Crippen LogP contribution in [-0.2, 0) is 25.2 Å². The van der Waals surface area contributed by atoms with E-state index in [1.165, 1.54) is 19.1 Å². The molecule has 3 amide bonds. The summed E-state index contributed by atoms with van der Waals surface area (Å²) in [5.41, 5.74) is 0.615. The molecule has 0 bridgehead atoms. The first-order valence-corrected chi connectivity index (χ1v) is 13.7. The van der Waals surface area contributed by atoms with Crippen LogP contribution in [0.2, 0.25) is 5.02 Å². The molecule has 1 aliphatic heterocycles. The van der Waals surface area contributed by atoms with Gasteiger partial charge in [0.05, 0.1) is 5.02 Å². The van der Waals surface area contributed by atoms with E-state index < -0.39 is 46.0 Å². The highest BCUT2D eigenvalue weighted by atomic mass is 35.5. The molecular weight excluding hydrogens is 525 g/mol. The molecule has 1 aliphatic carbocycles. The van der Waals surface area contributed by atoms with Gasteiger partial charge < -0.3 is 20.1 Å². The standard InChI is InChI=1S/C25H27ClFN3O6S/c1-15(25(33)29-16-4-2-3-5-16)30(18-7-8-20(27)19(26)11-18)24(32)13-37(34)12-23(31)28-17-6-9-21-22(10-17)36-14-35-21/h6-11,15-16H,2-5,12-14H2,1H3,(H,28,31)(H,29,33)/t15-,37-/m0/s1. The number of fused-ring (bicyclic) bond motifs is 1. The number of rotatable bonds is 9. The van der Waals surface area contributed by atoms with E-state index in [2.05, 4.69) is 10.6 Å². The summed E-state index contributed by atoms with van der Waals surface area (Å²) in [5, 5.41) is 5.34. The summed E-state index contributed by atoms with van der Waals surface area (Å²) in [6.07, 6.45) is 3.75. The molecule has 9 nitrogen and oxygen atoms in total. The van der Waals surface area contributed by atoms with E-state index in [0.717, 1.165) is 36.6 Å². The van der Waals surface area contributed by atoms with E-state index in [4.69, 9.17) is 21.1 Å². The molecule has 0 aromatic heterocycles. The first-order valence-electron chi connectivity index (χ1n) is 11.8. The molecule has 0 spiro atoms. The molecule has 2 N–H and O–H groups in total. The molecule has 0 radical (unpaired) electrons. The molecule has 0 unspecified atom stereocenters. The third kappa shape index (κ3) is 6.78. The van der Waals surface area contributed by atoms with Crippen molar-refractivity contribution in [3.05, 3.63) is 47.2 Å². The lowest BCUT2D eigenvalue weighted by molar-refractivity contribution is -0.125. The van der Waals surface area contributed by atoms with Crippen LogP contribution in [0.3, 0.4) is 0 Å². The van der Waals surface area contributed by atoms with Crippen LogP contribution in [0.1, 0.15) is 32.6 Å². The Labute approximate surface area is 221 Å². The fraction of sp³-hybridized carbons (Fsp3) is 0.400. The van der Waals surface area contributed by atoms with Crippen molar-refractivity contribution in [1.82, 2.24) is 5.32 Å². The van der Waals surface area contributed by atoms with Gasteiger partial charge in [-0.2, -0.15) is 0 Å². The van der Waals surface area contributed by atoms with Gasteiger partial charge in [-0.05, 0) is 50.1 Å². The summed E-state index contributed by atoms with van der Waals surface area (Å²) in [5.74, 6) is -2.21. The lowest BCUT2D eigenvalue weighted by atomic mass is 10.1. The summed E-state index contributed by atoms with van der Waals surface area (Å²) in [4.78, 5) is 39.8. The van der Waals surface area contributed by atoms with Gasteiger partial charge in [0.15, 0.2) is 11.5 Å². The van der Waals surface area contributed by atoms with Crippen LogP contribution in [0.15, 0.2) is 36.4 Å². The molecule has 1 saturated carbocycles. The Morgan fingerprint density at radius 2 is 1.84 bits per heavy atom. The lowest BCUT2D eigenvalue weighted by Crippen LogP contribution is -2.51. The molecule has 1 heterocycles. The third-order valence-corrected chi connectivity index (χ3v) is 7.59. The first kappa shape index (κ1) is 26.9. The highest BCUT2D eigenvalue weighted by Crippen LogP contribution is 2.34. The van der Waals surface area contributed by atoms with Gasteiger partial charge >= 0.3 is 0 Å². The van der Waals surface area contributed by atoms with Crippen molar-refractivity contribution < 1.29 is 32.5 Å². The number of hydrogen-bond donors (Lipinski definition) is 2. The summed E-state index contributed by atoms with van der Waals surface area (Å²) >= 11 is 5.93. The number of halogens is 2. The smallest absolute Gasteiger partial charge is 0.243 e. The Morgan fingerprint density at radius 3 is 2.57 bits per heavy atom. The lowest BCUT2D eigenvalue weighted by Gasteiger charge is -2.29. The van der Waals surface area contributed by atoms with Crippen LogP contribution in [0.4, 0.5) is 15.8 Å². The number of nitrogens with zero attached hydrogens (tertiary/aromatic N) is 1. The number of nitrogens with one attached hydrogen (secondary N) is 2. The number of carbonyl (C=O) groups excluding carboxylic acids is 3. The maximum absolute atomic E-state index is 13.8. The Balaban J connectivity index is 1.42. The van der Waals surface area contributed by atoms with Gasteiger partial charge in [-0.3, -0.25) is 23.5 Å². The minimum absolute atomic E-state index is 0.0257. The number of ether oxygens (including phenoxy) is 2. The van der Waals surface area contributed by atoms with Crippen LogP contribution >= 0.6 is 11.6 Å². The van der Waals surface area contributed by atoms with Crippen molar-refractivity contribution in [3.8, 4) is 11.5 Å². The van der Waals surface area contributed by atoms with Gasteiger partial charge in [-0.25, -0.2) is 4.39 Å². The number of anilines is 2. The van der Waals surface area contributed by atoms with Crippen LogP contribution in [0.25, 0.3) is 0 Å². The van der Waals surface area contributed by atoms with Crippen molar-refractivity contribution in [1.29, 1.82) is 0 Å². The summed E-state index contributed by atoms with van der Waals surface area (Å²) < 4.78 is 37.0. The molecular formula is C25H27ClFN3O6S. The molecule has 2 aliphatic rings. The van der Waals surface area contributed by atoms with Crippen molar-refractivity contribution in [2.24, 2.45) is 0 Å². The van der Waals surface area contributed by atoms with Crippen molar-refractivity contribution in [2.75, 3.05) is 28.5 Å². The van der Waals surface area contributed by atoms with Gasteiger partial charge in [0.2, 0.25) is 24.5 Å². The van der Waals surface area contributed by atoms with Crippen LogP contribution in [0.5, 0.6) is 11.5 Å². The normalized spacial score (nSPS) is 16.2. The Bertz CT molecular complexity index is 1220. The summed E-state index contributed by atoms with van der Waals surface area (Å²) in [7, 11) is -1.89. The average Bonchev–Trinajstić information content (AvgIpc) is 3.52. The number of carbonyl (C=O) groups is 3. The van der Waals surface area contributed by atoms with E-state index in [1.54, 1.807) is 18.2 Å². The zero-order valence-electron chi connectivity index (χ0n) is 20.1. The van der Waals surface area contributed by atoms with Gasteiger partial charge in [0.1, 0.15) is 23.4 Å². The first-order chi connectivity index (χ1) is 17.7. The van der Waals surface area contributed by atoms with Gasteiger partial charge in [-0.1, -0.05) is 24.4 Å². The molecule has 1 fully saturated rings. The number of hydrogen-bond acceptors (Lipinski definition) is 6. The molecule has 37 heavy (non-hydrogen) atoms. The summed E-state index contributed by atoms with van der Waals surface area (Å²) in [6.45, 7) is 1.63. The Morgan fingerprint density at radius 1 is 1.11 bits per heavy atom. The average molecular weight is 552 g/mol. The molecule has 2 aromatic rings. The minimum Gasteiger partial charge on any atom is -0.454 e. The van der Waals surface area contributed by atoms with Crippen molar-refractivity contribution >= 4 is 51.5 Å². The molecule has 2 atom stereocenters. The molecule has 198 valence electrons. The largest absolute Gasteiger partial charge is 0.454 e. The predicted molar refractivity (Wildman–Crippen MR) is 138 cm³/mol. The van der Waals surface area contributed by atoms with Crippen LogP contribution in [0, 0.1) is 5.82 Å². The van der Waals surface area contributed by atoms with E-state index >= 15 is 0 Å². The highest BCUT2D eigenvalue weighted by Gasteiger charge is 2.31. The van der Waals surface area contributed by atoms with Crippen molar-refractivity contribution in [2.45, 2.75) is 44.7 Å². The second-order valence-corrected chi connectivity index (χ2v) is 10.7. The van der Waals surface area contributed by atoms with Gasteiger partial charge in [-0.15, -0.1) is 0 Å². The Hall–Kier alpha value is -3.18. The topological polar surface area (TPSA) is 114 Å². The van der Waals surface area contributed by atoms with Crippen molar-refractivity contribution in [3.63, 3.8) is 0 Å². The minimum atomic E-state index is -1.89. The quantitative estimate of drug-likeness (QED) is 0.494. The fourth-order valence-electron chi connectivity index (χ4n) is 4.30. The van der Waals surface area contributed by atoms with E-state index in [9.17, 15) is 23.0 Å². The predicted octanol–water partition coefficient (Wildman–Crippen LogP) is 3.38. The highest BCUT2D eigenvalue weighted by molar-refractivity contribution is 7.86. The van der Waals surface area contributed by atoms with E-state index in [1.807, 2.05) is 0 Å². The monoisotopic (exact) mass is 551 g/mol. The van der Waals surface area contributed by atoms with E-state index in [0.29, 0.717) is 17.2 Å². The van der Waals surface area contributed by atoms with Gasteiger partial charge in [0, 0.05) is 34.3 Å². The SMILES string of the molecule is C[C@@H](C(=O)NC1CCCC1)N(C(=O)C[S@@](=O)CC(=O)Nc1ccc2c(c1)OCO2)c1ccc(F)c(Cl)c1. The maximum atomic E-state index is 13.8. The molecule has 12 heteroatoms. The maximum Gasteiger partial charge on any atom is 0.243 e. The fourth-order valence-corrected chi connectivity index (χ4v) is 5.36. The second kappa shape index (κ2) is 11.9. The van der Waals surface area contributed by atoms with E-state index in [-0.39, 0.29) is 29.5 Å². The zero-order chi connectivity index (χ0) is 26.5. The molecule has 0 saturated heterocycles. The van der Waals surface area contributed by atoms with Crippen LogP contribution in [-0.4, -0.2) is 52.3 Å². The second-order valence-electron chi connectivity index (χ2n) is 8.87. The summed E-state index contributed by atoms with van der Waals surface area (Å²) in [6, 6.07) is 7.55. The van der Waals surface area contributed by atoms with Crippen LogP contribution < -0.4 is 25.0 Å².